The second-order valence-corrected chi connectivity index (χ2v) is 6.09. The molecule has 0 spiro atoms. The highest BCUT2D eigenvalue weighted by Crippen LogP contribution is 2.23. The summed E-state index contributed by atoms with van der Waals surface area (Å²) in [7, 11) is 0. The van der Waals surface area contributed by atoms with Crippen LogP contribution in [0.4, 0.5) is 0 Å². The first kappa shape index (κ1) is 15.2. The lowest BCUT2D eigenvalue weighted by Gasteiger charge is -2.15. The molecule has 1 N–H and O–H groups in total. The Morgan fingerprint density at radius 2 is 2.10 bits per heavy atom. The van der Waals surface area contributed by atoms with Crippen LogP contribution in [0, 0.1) is 11.8 Å². The molecule has 1 saturated heterocycles. The van der Waals surface area contributed by atoms with Crippen molar-refractivity contribution in [1.29, 1.82) is 0 Å². The molecule has 1 aliphatic heterocycles. The van der Waals surface area contributed by atoms with E-state index in [9.17, 15) is 4.79 Å². The van der Waals surface area contributed by atoms with E-state index in [0.717, 1.165) is 18.8 Å². The minimum Gasteiger partial charge on any atom is -0.492 e. The Hall–Kier alpha value is -1.20. The summed E-state index contributed by atoms with van der Waals surface area (Å²) in [5.74, 6) is 0.155. The number of nitrogens with zero attached hydrogens (tertiary/aromatic N) is 1. The molecule has 1 heterocycles. The maximum absolute atomic E-state index is 11.1. The van der Waals surface area contributed by atoms with Crippen LogP contribution in [-0.2, 0) is 4.79 Å². The Kier molecular flexibility index (Phi) is 5.31. The van der Waals surface area contributed by atoms with Crippen molar-refractivity contribution < 1.29 is 14.6 Å². The SMILES string of the molecule is CSc1ccc(OCCN2C[C@@H](C)[C@H](C(=O)O)C2)cc1. The average molecular weight is 295 g/mol. The van der Waals surface area contributed by atoms with Crippen molar-refractivity contribution in [2.24, 2.45) is 11.8 Å². The summed E-state index contributed by atoms with van der Waals surface area (Å²) in [6.45, 7) is 4.84. The highest BCUT2D eigenvalue weighted by atomic mass is 32.2. The third kappa shape index (κ3) is 3.90. The number of rotatable bonds is 6. The van der Waals surface area contributed by atoms with E-state index in [0.29, 0.717) is 13.2 Å². The van der Waals surface area contributed by atoms with E-state index in [-0.39, 0.29) is 11.8 Å². The van der Waals surface area contributed by atoms with Gasteiger partial charge in [-0.2, -0.15) is 0 Å². The highest BCUT2D eigenvalue weighted by Gasteiger charge is 2.34. The van der Waals surface area contributed by atoms with Gasteiger partial charge in [0.15, 0.2) is 0 Å². The minimum absolute atomic E-state index is 0.216. The van der Waals surface area contributed by atoms with Gasteiger partial charge >= 0.3 is 5.97 Å². The molecule has 1 aromatic carbocycles. The summed E-state index contributed by atoms with van der Waals surface area (Å²) in [6, 6.07) is 8.02. The number of likely N-dealkylation sites (tertiary alicyclic amines) is 1. The minimum atomic E-state index is -0.687. The van der Waals surface area contributed by atoms with Crippen LogP contribution in [0.3, 0.4) is 0 Å². The van der Waals surface area contributed by atoms with Gasteiger partial charge in [-0.25, -0.2) is 0 Å². The Balaban J connectivity index is 1.74. The van der Waals surface area contributed by atoms with Crippen LogP contribution in [0.25, 0.3) is 0 Å². The smallest absolute Gasteiger partial charge is 0.308 e. The van der Waals surface area contributed by atoms with Crippen molar-refractivity contribution in [1.82, 2.24) is 4.90 Å². The highest BCUT2D eigenvalue weighted by molar-refractivity contribution is 7.98. The normalized spacial score (nSPS) is 22.9. The molecule has 0 aromatic heterocycles. The number of benzene rings is 1. The van der Waals surface area contributed by atoms with E-state index >= 15 is 0 Å². The van der Waals surface area contributed by atoms with Gasteiger partial charge in [0.05, 0.1) is 5.92 Å². The maximum atomic E-state index is 11.1. The number of ether oxygens (including phenoxy) is 1. The Labute approximate surface area is 124 Å². The van der Waals surface area contributed by atoms with Gasteiger partial charge in [0.25, 0.3) is 0 Å². The van der Waals surface area contributed by atoms with E-state index in [1.54, 1.807) is 11.8 Å². The molecule has 0 unspecified atom stereocenters. The number of hydrogen-bond acceptors (Lipinski definition) is 4. The zero-order valence-corrected chi connectivity index (χ0v) is 12.7. The van der Waals surface area contributed by atoms with Crippen molar-refractivity contribution in [3.8, 4) is 5.75 Å². The summed E-state index contributed by atoms with van der Waals surface area (Å²) in [5, 5.41) is 9.09. The first-order chi connectivity index (χ1) is 9.60. The zero-order chi connectivity index (χ0) is 14.5. The molecule has 0 saturated carbocycles. The lowest BCUT2D eigenvalue weighted by Crippen LogP contribution is -2.27. The lowest BCUT2D eigenvalue weighted by atomic mass is 9.99. The Morgan fingerprint density at radius 1 is 1.40 bits per heavy atom. The molecule has 4 nitrogen and oxygen atoms in total. The van der Waals surface area contributed by atoms with Gasteiger partial charge in [-0.05, 0) is 36.4 Å². The molecule has 1 fully saturated rings. The van der Waals surface area contributed by atoms with Crippen LogP contribution in [0.15, 0.2) is 29.2 Å². The number of carbonyl (C=O) groups is 1. The van der Waals surface area contributed by atoms with Crippen molar-refractivity contribution >= 4 is 17.7 Å². The van der Waals surface area contributed by atoms with E-state index in [1.807, 2.05) is 37.4 Å². The van der Waals surface area contributed by atoms with Gasteiger partial charge in [0, 0.05) is 24.5 Å². The molecule has 110 valence electrons. The molecule has 0 aliphatic carbocycles. The molecule has 1 aliphatic rings. The maximum Gasteiger partial charge on any atom is 0.308 e. The lowest BCUT2D eigenvalue weighted by molar-refractivity contribution is -0.142. The van der Waals surface area contributed by atoms with Gasteiger partial charge in [-0.1, -0.05) is 6.92 Å². The van der Waals surface area contributed by atoms with Crippen molar-refractivity contribution in [3.05, 3.63) is 24.3 Å². The van der Waals surface area contributed by atoms with E-state index in [1.165, 1.54) is 4.90 Å². The van der Waals surface area contributed by atoms with E-state index < -0.39 is 5.97 Å². The van der Waals surface area contributed by atoms with Crippen molar-refractivity contribution in [2.45, 2.75) is 11.8 Å². The number of carboxylic acid groups (broad SMARTS) is 1. The number of aliphatic carboxylic acids is 1. The topological polar surface area (TPSA) is 49.8 Å². The largest absolute Gasteiger partial charge is 0.492 e. The molecular weight excluding hydrogens is 274 g/mol. The number of hydrogen-bond donors (Lipinski definition) is 1. The summed E-state index contributed by atoms with van der Waals surface area (Å²) >= 11 is 1.71. The van der Waals surface area contributed by atoms with Crippen LogP contribution in [0.1, 0.15) is 6.92 Å². The third-order valence-electron chi connectivity index (χ3n) is 3.74. The third-order valence-corrected chi connectivity index (χ3v) is 4.48. The fourth-order valence-corrected chi connectivity index (χ4v) is 2.94. The van der Waals surface area contributed by atoms with Gasteiger partial charge in [-0.3, -0.25) is 9.69 Å². The molecule has 0 amide bonds. The molecule has 2 atom stereocenters. The number of carboxylic acids is 1. The first-order valence-electron chi connectivity index (χ1n) is 6.82. The van der Waals surface area contributed by atoms with Gasteiger partial charge in [0.2, 0.25) is 0 Å². The van der Waals surface area contributed by atoms with Gasteiger partial charge in [0.1, 0.15) is 12.4 Å². The molecule has 20 heavy (non-hydrogen) atoms. The summed E-state index contributed by atoms with van der Waals surface area (Å²) in [5.41, 5.74) is 0. The summed E-state index contributed by atoms with van der Waals surface area (Å²) in [6.07, 6.45) is 2.04. The Morgan fingerprint density at radius 3 is 2.65 bits per heavy atom. The van der Waals surface area contributed by atoms with E-state index in [2.05, 4.69) is 4.90 Å². The number of thioether (sulfide) groups is 1. The molecule has 0 bridgehead atoms. The standard InChI is InChI=1S/C15H21NO3S/c1-11-9-16(10-14(11)15(17)18)7-8-19-12-3-5-13(20-2)6-4-12/h3-6,11,14H,7-10H2,1-2H3,(H,17,18)/t11-,14-/m1/s1. The van der Waals surface area contributed by atoms with Crippen LogP contribution >= 0.6 is 11.8 Å². The van der Waals surface area contributed by atoms with Crippen LogP contribution in [0.5, 0.6) is 5.75 Å². The first-order valence-corrected chi connectivity index (χ1v) is 8.04. The van der Waals surface area contributed by atoms with Crippen molar-refractivity contribution in [2.75, 3.05) is 32.5 Å². The van der Waals surface area contributed by atoms with Crippen LogP contribution in [0.2, 0.25) is 0 Å². The Bertz CT molecular complexity index is 449. The zero-order valence-electron chi connectivity index (χ0n) is 11.9. The quantitative estimate of drug-likeness (QED) is 0.817. The predicted molar refractivity (Wildman–Crippen MR) is 80.4 cm³/mol. The summed E-state index contributed by atoms with van der Waals surface area (Å²) in [4.78, 5) is 14.4. The second-order valence-electron chi connectivity index (χ2n) is 5.21. The van der Waals surface area contributed by atoms with E-state index in [4.69, 9.17) is 9.84 Å². The van der Waals surface area contributed by atoms with Crippen LogP contribution in [-0.4, -0.2) is 48.5 Å². The monoisotopic (exact) mass is 295 g/mol. The molecule has 5 heteroatoms. The van der Waals surface area contributed by atoms with Crippen molar-refractivity contribution in [3.63, 3.8) is 0 Å². The molecular formula is C15H21NO3S. The molecule has 2 rings (SSSR count). The molecule has 0 radical (unpaired) electrons. The fourth-order valence-electron chi connectivity index (χ4n) is 2.54. The average Bonchev–Trinajstić information content (AvgIpc) is 2.81. The van der Waals surface area contributed by atoms with Crippen LogP contribution < -0.4 is 4.74 Å². The molecule has 1 aromatic rings. The summed E-state index contributed by atoms with van der Waals surface area (Å²) < 4.78 is 5.70. The van der Waals surface area contributed by atoms with Gasteiger partial charge in [-0.15, -0.1) is 11.8 Å². The second kappa shape index (κ2) is 6.99. The predicted octanol–water partition coefficient (Wildman–Crippen LogP) is 2.44. The fraction of sp³-hybridized carbons (Fsp3) is 0.533. The van der Waals surface area contributed by atoms with Gasteiger partial charge < -0.3 is 9.84 Å².